The van der Waals surface area contributed by atoms with Gasteiger partial charge in [-0.25, -0.2) is 0 Å². The first-order chi connectivity index (χ1) is 7.40. The van der Waals surface area contributed by atoms with Crippen LogP contribution in [0.3, 0.4) is 0 Å². The van der Waals surface area contributed by atoms with E-state index in [1.807, 2.05) is 0 Å². The van der Waals surface area contributed by atoms with Crippen molar-refractivity contribution in [2.75, 3.05) is 26.2 Å². The van der Waals surface area contributed by atoms with E-state index in [9.17, 15) is 9.90 Å². The Labute approximate surface area is 97.5 Å². The molecule has 0 saturated carbocycles. The minimum atomic E-state index is -0.113. The Morgan fingerprint density at radius 1 is 1.50 bits per heavy atom. The Balaban J connectivity index is 2.71. The van der Waals surface area contributed by atoms with E-state index in [0.29, 0.717) is 6.54 Å². The van der Waals surface area contributed by atoms with Crippen LogP contribution in [0.4, 0.5) is 0 Å². The van der Waals surface area contributed by atoms with Crippen LogP contribution in [0.5, 0.6) is 0 Å². The summed E-state index contributed by atoms with van der Waals surface area (Å²) in [7, 11) is 0. The monoisotopic (exact) mass is 226 g/mol. The summed E-state index contributed by atoms with van der Waals surface area (Å²) in [5.41, 5.74) is 0.0801. The van der Waals surface area contributed by atoms with E-state index in [0.717, 1.165) is 13.1 Å². The van der Waals surface area contributed by atoms with Crippen LogP contribution in [0.25, 0.3) is 0 Å². The van der Waals surface area contributed by atoms with Gasteiger partial charge < -0.3 is 10.0 Å². The average Bonchev–Trinajstić information content (AvgIpc) is 2.26. The average molecular weight is 226 g/mol. The molecule has 0 radical (unpaired) electrons. The van der Waals surface area contributed by atoms with E-state index in [1.54, 1.807) is 4.90 Å². The van der Waals surface area contributed by atoms with Crippen molar-refractivity contribution in [3.63, 3.8) is 0 Å². The predicted molar refractivity (Wildman–Crippen MR) is 64.1 cm³/mol. The normalized spacial score (nSPS) is 23.2. The summed E-state index contributed by atoms with van der Waals surface area (Å²) >= 11 is 0. The lowest BCUT2D eigenvalue weighted by Crippen LogP contribution is -2.60. The SMILES string of the molecule is C=CC(=O)N1CCN(C(C)(C)C)CC1CO. The second-order valence-electron chi connectivity index (χ2n) is 5.19. The lowest BCUT2D eigenvalue weighted by atomic mass is 10.0. The second-order valence-corrected chi connectivity index (χ2v) is 5.19. The maximum Gasteiger partial charge on any atom is 0.246 e. The summed E-state index contributed by atoms with van der Waals surface area (Å²) in [5, 5.41) is 9.33. The highest BCUT2D eigenvalue weighted by Crippen LogP contribution is 2.19. The first kappa shape index (κ1) is 13.2. The third-order valence-electron chi connectivity index (χ3n) is 3.10. The number of amides is 1. The fourth-order valence-corrected chi connectivity index (χ4v) is 2.03. The summed E-state index contributed by atoms with van der Waals surface area (Å²) < 4.78 is 0. The van der Waals surface area contributed by atoms with Gasteiger partial charge in [0, 0.05) is 25.2 Å². The van der Waals surface area contributed by atoms with Gasteiger partial charge in [0.15, 0.2) is 0 Å². The van der Waals surface area contributed by atoms with Crippen LogP contribution in [-0.4, -0.2) is 58.6 Å². The Kier molecular flexibility index (Phi) is 4.10. The quantitative estimate of drug-likeness (QED) is 0.696. The smallest absolute Gasteiger partial charge is 0.246 e. The number of piperazine rings is 1. The van der Waals surface area contributed by atoms with Crippen molar-refractivity contribution < 1.29 is 9.90 Å². The van der Waals surface area contributed by atoms with E-state index >= 15 is 0 Å². The minimum Gasteiger partial charge on any atom is -0.394 e. The van der Waals surface area contributed by atoms with Crippen LogP contribution in [0.15, 0.2) is 12.7 Å². The summed E-state index contributed by atoms with van der Waals surface area (Å²) in [6.45, 7) is 12.2. The molecule has 0 bridgehead atoms. The van der Waals surface area contributed by atoms with Gasteiger partial charge in [0.1, 0.15) is 0 Å². The van der Waals surface area contributed by atoms with Gasteiger partial charge in [-0.2, -0.15) is 0 Å². The summed E-state index contributed by atoms with van der Waals surface area (Å²) in [5.74, 6) is -0.0902. The van der Waals surface area contributed by atoms with Crippen LogP contribution in [0, 0.1) is 0 Å². The van der Waals surface area contributed by atoms with Crippen LogP contribution in [0.2, 0.25) is 0 Å². The van der Waals surface area contributed by atoms with Crippen molar-refractivity contribution in [1.82, 2.24) is 9.80 Å². The maximum absolute atomic E-state index is 11.6. The van der Waals surface area contributed by atoms with E-state index < -0.39 is 0 Å². The first-order valence-corrected chi connectivity index (χ1v) is 5.69. The van der Waals surface area contributed by atoms with Gasteiger partial charge in [-0.15, -0.1) is 0 Å². The standard InChI is InChI=1S/C12H22N2O2/c1-5-11(16)14-7-6-13(12(2,3)4)8-10(14)9-15/h5,10,15H,1,6-9H2,2-4H3. The Morgan fingerprint density at radius 3 is 2.56 bits per heavy atom. The van der Waals surface area contributed by atoms with Crippen molar-refractivity contribution in [3.8, 4) is 0 Å². The number of aliphatic hydroxyl groups is 1. The van der Waals surface area contributed by atoms with E-state index in [-0.39, 0.29) is 24.1 Å². The van der Waals surface area contributed by atoms with Gasteiger partial charge in [0.25, 0.3) is 0 Å². The molecule has 1 aliphatic heterocycles. The topological polar surface area (TPSA) is 43.8 Å². The Morgan fingerprint density at radius 2 is 2.12 bits per heavy atom. The molecule has 1 aliphatic rings. The van der Waals surface area contributed by atoms with Crippen molar-refractivity contribution in [2.45, 2.75) is 32.4 Å². The summed E-state index contributed by atoms with van der Waals surface area (Å²) in [6.07, 6.45) is 1.31. The number of carbonyl (C=O) groups is 1. The second kappa shape index (κ2) is 4.97. The molecule has 1 amide bonds. The molecule has 4 nitrogen and oxygen atoms in total. The van der Waals surface area contributed by atoms with E-state index in [4.69, 9.17) is 0 Å². The van der Waals surface area contributed by atoms with Gasteiger partial charge in [-0.05, 0) is 26.8 Å². The molecule has 4 heteroatoms. The van der Waals surface area contributed by atoms with Crippen molar-refractivity contribution >= 4 is 5.91 Å². The lowest BCUT2D eigenvalue weighted by Gasteiger charge is -2.46. The molecular formula is C12H22N2O2. The maximum atomic E-state index is 11.6. The highest BCUT2D eigenvalue weighted by atomic mass is 16.3. The number of hydrogen-bond donors (Lipinski definition) is 1. The van der Waals surface area contributed by atoms with Gasteiger partial charge in [0.2, 0.25) is 5.91 Å². The largest absolute Gasteiger partial charge is 0.394 e. The molecule has 1 N–H and O–H groups in total. The molecule has 0 aromatic heterocycles. The molecule has 1 heterocycles. The zero-order valence-corrected chi connectivity index (χ0v) is 10.4. The molecule has 1 unspecified atom stereocenters. The predicted octanol–water partition coefficient (Wildman–Crippen LogP) is 0.476. The molecule has 0 aliphatic carbocycles. The lowest BCUT2D eigenvalue weighted by molar-refractivity contribution is -0.133. The highest BCUT2D eigenvalue weighted by Gasteiger charge is 2.33. The summed E-state index contributed by atoms with van der Waals surface area (Å²) in [6, 6.07) is -0.113. The van der Waals surface area contributed by atoms with Crippen LogP contribution in [-0.2, 0) is 4.79 Å². The molecule has 1 saturated heterocycles. The number of carbonyl (C=O) groups excluding carboxylic acids is 1. The number of hydrogen-bond acceptors (Lipinski definition) is 3. The number of nitrogens with zero attached hydrogens (tertiary/aromatic N) is 2. The van der Waals surface area contributed by atoms with Crippen molar-refractivity contribution in [3.05, 3.63) is 12.7 Å². The fourth-order valence-electron chi connectivity index (χ4n) is 2.03. The number of aliphatic hydroxyl groups excluding tert-OH is 1. The molecular weight excluding hydrogens is 204 g/mol. The third kappa shape index (κ3) is 2.83. The first-order valence-electron chi connectivity index (χ1n) is 5.69. The zero-order chi connectivity index (χ0) is 12.3. The highest BCUT2D eigenvalue weighted by molar-refractivity contribution is 5.87. The summed E-state index contributed by atoms with van der Waals surface area (Å²) in [4.78, 5) is 15.6. The molecule has 16 heavy (non-hydrogen) atoms. The van der Waals surface area contributed by atoms with E-state index in [2.05, 4.69) is 32.3 Å². The van der Waals surface area contributed by atoms with Gasteiger partial charge >= 0.3 is 0 Å². The molecule has 1 atom stereocenters. The molecule has 0 aromatic carbocycles. The third-order valence-corrected chi connectivity index (χ3v) is 3.10. The van der Waals surface area contributed by atoms with Crippen LogP contribution < -0.4 is 0 Å². The van der Waals surface area contributed by atoms with Crippen molar-refractivity contribution in [1.29, 1.82) is 0 Å². The van der Waals surface area contributed by atoms with Crippen LogP contribution >= 0.6 is 0 Å². The Hall–Kier alpha value is -0.870. The molecule has 0 spiro atoms. The molecule has 1 rings (SSSR count). The molecule has 0 aromatic rings. The van der Waals surface area contributed by atoms with Crippen LogP contribution in [0.1, 0.15) is 20.8 Å². The molecule has 92 valence electrons. The minimum absolute atomic E-state index is 0.00611. The Bertz CT molecular complexity index is 271. The van der Waals surface area contributed by atoms with Gasteiger partial charge in [-0.3, -0.25) is 9.69 Å². The van der Waals surface area contributed by atoms with Gasteiger partial charge in [-0.1, -0.05) is 6.58 Å². The van der Waals surface area contributed by atoms with E-state index in [1.165, 1.54) is 6.08 Å². The zero-order valence-electron chi connectivity index (χ0n) is 10.4. The fraction of sp³-hybridized carbons (Fsp3) is 0.750. The number of rotatable bonds is 2. The van der Waals surface area contributed by atoms with Crippen molar-refractivity contribution in [2.24, 2.45) is 0 Å². The molecule has 1 fully saturated rings. The van der Waals surface area contributed by atoms with Gasteiger partial charge in [0.05, 0.1) is 12.6 Å².